The molecule has 0 aliphatic heterocycles. The summed E-state index contributed by atoms with van der Waals surface area (Å²) in [6.07, 6.45) is 0.835. The molecule has 0 saturated heterocycles. The quantitative estimate of drug-likeness (QED) is 0.706. The van der Waals surface area contributed by atoms with Gasteiger partial charge in [0.25, 0.3) is 0 Å². The van der Waals surface area contributed by atoms with E-state index in [0.717, 1.165) is 6.42 Å². The Kier molecular flexibility index (Phi) is 5.31. The average molecular weight is 286 g/mol. The van der Waals surface area contributed by atoms with E-state index < -0.39 is 16.0 Å². The van der Waals surface area contributed by atoms with Crippen LogP contribution in [0.25, 0.3) is 0 Å². The molecular formula is C12H18N2O4S. The first-order valence-corrected chi connectivity index (χ1v) is 7.51. The lowest BCUT2D eigenvalue weighted by atomic mass is 10.2. The fourth-order valence-electron chi connectivity index (χ4n) is 1.55. The van der Waals surface area contributed by atoms with Gasteiger partial charge in [-0.1, -0.05) is 13.8 Å². The van der Waals surface area contributed by atoms with Crippen LogP contribution >= 0.6 is 0 Å². The van der Waals surface area contributed by atoms with E-state index in [1.807, 2.05) is 6.92 Å². The Bertz CT molecular complexity index is 555. The second kappa shape index (κ2) is 6.53. The highest BCUT2D eigenvalue weighted by molar-refractivity contribution is 7.89. The Hall–Kier alpha value is -1.60. The molecule has 0 bridgehead atoms. The summed E-state index contributed by atoms with van der Waals surface area (Å²) in [6, 6.07) is 4.02. The molecule has 0 aliphatic carbocycles. The van der Waals surface area contributed by atoms with Crippen molar-refractivity contribution in [3.63, 3.8) is 0 Å². The molecule has 1 aromatic rings. The minimum absolute atomic E-state index is 0.0392. The van der Waals surface area contributed by atoms with Crippen LogP contribution < -0.4 is 10.0 Å². The first-order valence-electron chi connectivity index (χ1n) is 6.03. The van der Waals surface area contributed by atoms with Crippen LogP contribution in [0, 0.1) is 0 Å². The van der Waals surface area contributed by atoms with Gasteiger partial charge in [0.1, 0.15) is 4.90 Å². The number of sulfonamides is 1. The molecule has 0 unspecified atom stereocenters. The third kappa shape index (κ3) is 3.93. The van der Waals surface area contributed by atoms with Crippen molar-refractivity contribution in [2.75, 3.05) is 18.4 Å². The number of anilines is 1. The third-order valence-corrected chi connectivity index (χ3v) is 4.00. The molecule has 3 N–H and O–H groups in total. The molecule has 0 aromatic heterocycles. The molecule has 0 aliphatic rings. The van der Waals surface area contributed by atoms with Gasteiger partial charge in [-0.3, -0.25) is 0 Å². The van der Waals surface area contributed by atoms with Gasteiger partial charge in [0.15, 0.2) is 0 Å². The van der Waals surface area contributed by atoms with E-state index in [-0.39, 0.29) is 17.0 Å². The molecule has 1 rings (SSSR count). The van der Waals surface area contributed by atoms with Crippen molar-refractivity contribution in [3.8, 4) is 0 Å². The largest absolute Gasteiger partial charge is 0.478 e. The zero-order chi connectivity index (χ0) is 14.5. The number of carboxylic acid groups (broad SMARTS) is 1. The monoisotopic (exact) mass is 286 g/mol. The number of carboxylic acids is 1. The van der Waals surface area contributed by atoms with E-state index in [4.69, 9.17) is 5.11 Å². The van der Waals surface area contributed by atoms with Gasteiger partial charge in [-0.15, -0.1) is 0 Å². The Morgan fingerprint density at radius 2 is 2.00 bits per heavy atom. The maximum atomic E-state index is 12.0. The second-order valence-electron chi connectivity index (χ2n) is 3.94. The molecule has 6 nitrogen and oxygen atoms in total. The van der Waals surface area contributed by atoms with Crippen molar-refractivity contribution in [2.24, 2.45) is 0 Å². The minimum atomic E-state index is -3.70. The number of rotatable bonds is 7. The molecule has 0 fully saturated rings. The molecular weight excluding hydrogens is 268 g/mol. The zero-order valence-corrected chi connectivity index (χ0v) is 11.8. The van der Waals surface area contributed by atoms with Crippen molar-refractivity contribution in [1.82, 2.24) is 4.72 Å². The fraction of sp³-hybridized carbons (Fsp3) is 0.417. The van der Waals surface area contributed by atoms with Gasteiger partial charge >= 0.3 is 5.97 Å². The summed E-state index contributed by atoms with van der Waals surface area (Å²) >= 11 is 0. The molecule has 0 heterocycles. The van der Waals surface area contributed by atoms with Crippen molar-refractivity contribution in [2.45, 2.75) is 25.2 Å². The smallest absolute Gasteiger partial charge is 0.335 e. The van der Waals surface area contributed by atoms with Gasteiger partial charge < -0.3 is 10.4 Å². The van der Waals surface area contributed by atoms with Crippen LogP contribution in [0.1, 0.15) is 30.6 Å². The number of nitrogens with one attached hydrogen (secondary N) is 2. The van der Waals surface area contributed by atoms with E-state index in [1.54, 1.807) is 6.92 Å². The maximum absolute atomic E-state index is 12.0. The summed E-state index contributed by atoms with van der Waals surface area (Å²) in [5.74, 6) is -1.16. The summed E-state index contributed by atoms with van der Waals surface area (Å²) in [5.41, 5.74) is 0.353. The molecule has 0 amide bonds. The lowest BCUT2D eigenvalue weighted by Crippen LogP contribution is -2.24. The first-order chi connectivity index (χ1) is 8.92. The van der Waals surface area contributed by atoms with Crippen molar-refractivity contribution < 1.29 is 18.3 Å². The van der Waals surface area contributed by atoms with E-state index in [9.17, 15) is 13.2 Å². The summed E-state index contributed by atoms with van der Waals surface area (Å²) in [6.45, 7) is 4.47. The number of aromatic carboxylic acids is 1. The van der Waals surface area contributed by atoms with Crippen LogP contribution in [0.5, 0.6) is 0 Å². The highest BCUT2D eigenvalue weighted by Crippen LogP contribution is 2.23. The summed E-state index contributed by atoms with van der Waals surface area (Å²) in [7, 11) is -3.70. The highest BCUT2D eigenvalue weighted by atomic mass is 32.2. The second-order valence-corrected chi connectivity index (χ2v) is 5.68. The van der Waals surface area contributed by atoms with Crippen molar-refractivity contribution in [3.05, 3.63) is 23.8 Å². The van der Waals surface area contributed by atoms with Gasteiger partial charge in [-0.05, 0) is 24.6 Å². The van der Waals surface area contributed by atoms with E-state index in [2.05, 4.69) is 10.0 Å². The first kappa shape index (κ1) is 15.5. The van der Waals surface area contributed by atoms with E-state index >= 15 is 0 Å². The Morgan fingerprint density at radius 1 is 1.32 bits per heavy atom. The van der Waals surface area contributed by atoms with Crippen LogP contribution in [0.2, 0.25) is 0 Å². The molecule has 0 spiro atoms. The molecule has 7 heteroatoms. The van der Waals surface area contributed by atoms with Gasteiger partial charge in [-0.25, -0.2) is 17.9 Å². The van der Waals surface area contributed by atoms with Crippen LogP contribution in [-0.2, 0) is 10.0 Å². The van der Waals surface area contributed by atoms with Gasteiger partial charge in [0.2, 0.25) is 10.0 Å². The predicted octanol–water partition coefficient (Wildman–Crippen LogP) is 1.50. The lowest BCUT2D eigenvalue weighted by Gasteiger charge is -2.13. The SMILES string of the molecule is CCCNc1ccc(C(=O)O)cc1S(=O)(=O)NCC. The molecule has 0 saturated carbocycles. The van der Waals surface area contributed by atoms with Crippen molar-refractivity contribution >= 4 is 21.7 Å². The lowest BCUT2D eigenvalue weighted by molar-refractivity contribution is 0.0696. The van der Waals surface area contributed by atoms with Crippen LogP contribution in [0.15, 0.2) is 23.1 Å². The summed E-state index contributed by atoms with van der Waals surface area (Å²) in [5, 5.41) is 11.9. The molecule has 1 aromatic carbocycles. The fourth-order valence-corrected chi connectivity index (χ4v) is 2.80. The van der Waals surface area contributed by atoms with Gasteiger partial charge in [0, 0.05) is 13.1 Å². The molecule has 106 valence electrons. The zero-order valence-electron chi connectivity index (χ0n) is 10.9. The Morgan fingerprint density at radius 3 is 2.53 bits per heavy atom. The number of benzene rings is 1. The standard InChI is InChI=1S/C12H18N2O4S/c1-3-7-13-10-6-5-9(12(15)16)8-11(10)19(17,18)14-4-2/h5-6,8,13-14H,3-4,7H2,1-2H3,(H,15,16). The Balaban J connectivity index is 3.29. The van der Waals surface area contributed by atoms with Gasteiger partial charge in [0.05, 0.1) is 11.3 Å². The number of hydrogen-bond acceptors (Lipinski definition) is 4. The molecule has 0 atom stereocenters. The van der Waals surface area contributed by atoms with E-state index in [1.165, 1.54) is 18.2 Å². The maximum Gasteiger partial charge on any atom is 0.335 e. The summed E-state index contributed by atoms with van der Waals surface area (Å²) < 4.78 is 26.5. The summed E-state index contributed by atoms with van der Waals surface area (Å²) in [4.78, 5) is 10.9. The minimum Gasteiger partial charge on any atom is -0.478 e. The van der Waals surface area contributed by atoms with Crippen molar-refractivity contribution in [1.29, 1.82) is 0 Å². The number of hydrogen-bond donors (Lipinski definition) is 3. The van der Waals surface area contributed by atoms with Crippen LogP contribution in [0.3, 0.4) is 0 Å². The highest BCUT2D eigenvalue weighted by Gasteiger charge is 2.19. The average Bonchev–Trinajstić information content (AvgIpc) is 2.35. The van der Waals surface area contributed by atoms with E-state index in [0.29, 0.717) is 12.2 Å². The topological polar surface area (TPSA) is 95.5 Å². The molecule has 0 radical (unpaired) electrons. The molecule has 19 heavy (non-hydrogen) atoms. The predicted molar refractivity (Wildman–Crippen MR) is 73.0 cm³/mol. The Labute approximate surface area is 112 Å². The van der Waals surface area contributed by atoms with Gasteiger partial charge in [-0.2, -0.15) is 0 Å². The third-order valence-electron chi connectivity index (χ3n) is 2.42. The normalized spacial score (nSPS) is 11.3. The number of carbonyl (C=O) groups is 1. The van der Waals surface area contributed by atoms with Crippen LogP contribution in [0.4, 0.5) is 5.69 Å². The van der Waals surface area contributed by atoms with Crippen LogP contribution in [-0.4, -0.2) is 32.6 Å².